The van der Waals surface area contributed by atoms with Crippen molar-refractivity contribution < 1.29 is 19.9 Å². The highest BCUT2D eigenvalue weighted by Gasteiger charge is 2.19. The van der Waals surface area contributed by atoms with E-state index < -0.39 is 30.7 Å². The van der Waals surface area contributed by atoms with Crippen LogP contribution in [0.25, 0.3) is 0 Å². The van der Waals surface area contributed by atoms with Gasteiger partial charge in [0.1, 0.15) is 11.9 Å². The molecule has 3 amide bonds. The highest BCUT2D eigenvalue weighted by atomic mass is 127. The molecule has 20 heavy (non-hydrogen) atoms. The third kappa shape index (κ3) is 9.35. The lowest BCUT2D eigenvalue weighted by Crippen LogP contribution is -2.47. The molecular formula is C12H21ClIN3O3. The molecule has 0 bridgehead atoms. The molecule has 0 aromatic heterocycles. The van der Waals surface area contributed by atoms with Crippen LogP contribution in [0.2, 0.25) is 0 Å². The van der Waals surface area contributed by atoms with Gasteiger partial charge in [0, 0.05) is 18.5 Å². The van der Waals surface area contributed by atoms with Crippen LogP contribution in [0, 0.1) is 0 Å². The van der Waals surface area contributed by atoms with E-state index in [0.29, 0.717) is 17.4 Å². The normalized spacial score (nSPS) is 15.9. The number of carbonyl (C=O) groups is 3. The summed E-state index contributed by atoms with van der Waals surface area (Å²) in [6.45, 7) is -1.31. The average Bonchev–Trinajstić information content (AvgIpc) is 2.47. The third-order valence-corrected chi connectivity index (χ3v) is 3.13. The molecule has 0 aliphatic heterocycles. The third-order valence-electron chi connectivity index (χ3n) is 2.20. The molecule has 8 heteroatoms. The van der Waals surface area contributed by atoms with Crippen molar-refractivity contribution in [1.82, 2.24) is 16.0 Å². The standard InChI is InChI=1S/C12H21ClIN3O3/c1-2-5-16-12(20)9(17-10(18)7-13)4-3-6-15-11(19)8-14/h9H,2-8H2,1H3,(H,15,19)(H,16,20)(H,17,18)/i2D2,5D2. The Morgan fingerprint density at radius 3 is 2.55 bits per heavy atom. The molecule has 0 aliphatic rings. The summed E-state index contributed by atoms with van der Waals surface area (Å²) < 4.78 is 30.3. The fraction of sp³-hybridized carbons (Fsp3) is 0.750. The van der Waals surface area contributed by atoms with Crippen LogP contribution in [0.4, 0.5) is 0 Å². The molecular weight excluding hydrogens is 397 g/mol. The molecule has 0 heterocycles. The minimum Gasteiger partial charge on any atom is -0.355 e. The van der Waals surface area contributed by atoms with E-state index in [4.69, 9.17) is 17.1 Å². The average molecular weight is 422 g/mol. The van der Waals surface area contributed by atoms with Crippen molar-refractivity contribution in [3.63, 3.8) is 0 Å². The number of hydrogen-bond donors (Lipinski definition) is 3. The summed E-state index contributed by atoms with van der Waals surface area (Å²) in [5.74, 6) is -1.98. The second kappa shape index (κ2) is 12.2. The van der Waals surface area contributed by atoms with Gasteiger partial charge in [-0.1, -0.05) is 29.5 Å². The number of amides is 3. The Morgan fingerprint density at radius 2 is 2.00 bits per heavy atom. The minimum absolute atomic E-state index is 0.138. The second-order valence-electron chi connectivity index (χ2n) is 3.74. The van der Waals surface area contributed by atoms with E-state index in [1.165, 1.54) is 0 Å². The van der Waals surface area contributed by atoms with Gasteiger partial charge in [-0.2, -0.15) is 0 Å². The first-order valence-corrected chi connectivity index (χ1v) is 8.00. The van der Waals surface area contributed by atoms with Crippen molar-refractivity contribution in [2.75, 3.05) is 23.3 Å². The zero-order valence-electron chi connectivity index (χ0n) is 15.1. The SMILES string of the molecule is [2H]C([2H])(C)C([2H])([2H])NC(=O)C(CCCNC(=O)CI)NC(=O)CCl. The van der Waals surface area contributed by atoms with Gasteiger partial charge >= 0.3 is 0 Å². The number of nitrogens with one attached hydrogen (secondary N) is 3. The maximum absolute atomic E-state index is 12.2. The van der Waals surface area contributed by atoms with Gasteiger partial charge in [0.05, 0.1) is 4.43 Å². The van der Waals surface area contributed by atoms with Crippen molar-refractivity contribution in [3.8, 4) is 0 Å². The second-order valence-corrected chi connectivity index (χ2v) is 4.77. The largest absolute Gasteiger partial charge is 0.355 e. The lowest BCUT2D eigenvalue weighted by atomic mass is 10.1. The molecule has 0 saturated heterocycles. The van der Waals surface area contributed by atoms with Gasteiger partial charge in [-0.15, -0.1) is 11.6 Å². The van der Waals surface area contributed by atoms with Gasteiger partial charge in [-0.25, -0.2) is 0 Å². The number of halogens is 2. The van der Waals surface area contributed by atoms with Gasteiger partial charge in [0.15, 0.2) is 0 Å². The molecule has 1 atom stereocenters. The van der Waals surface area contributed by atoms with Crippen molar-refractivity contribution in [2.45, 2.75) is 32.2 Å². The smallest absolute Gasteiger partial charge is 0.242 e. The van der Waals surface area contributed by atoms with Crippen LogP contribution >= 0.6 is 34.2 Å². The van der Waals surface area contributed by atoms with E-state index in [9.17, 15) is 14.4 Å². The molecule has 0 aliphatic carbocycles. The van der Waals surface area contributed by atoms with Crippen LogP contribution in [0.3, 0.4) is 0 Å². The van der Waals surface area contributed by atoms with Crippen molar-refractivity contribution >= 4 is 51.9 Å². The summed E-state index contributed by atoms with van der Waals surface area (Å²) in [6.07, 6.45) is -1.80. The molecule has 0 aromatic carbocycles. The summed E-state index contributed by atoms with van der Waals surface area (Å²) in [5, 5.41) is 6.93. The van der Waals surface area contributed by atoms with Gasteiger partial charge < -0.3 is 16.0 Å². The summed E-state index contributed by atoms with van der Waals surface area (Å²) >= 11 is 7.30. The van der Waals surface area contributed by atoms with Crippen LogP contribution in [-0.2, 0) is 14.4 Å². The number of rotatable bonds is 10. The quantitative estimate of drug-likeness (QED) is 0.274. The minimum atomic E-state index is -2.61. The Labute approximate surface area is 143 Å². The van der Waals surface area contributed by atoms with Gasteiger partial charge in [-0.3, -0.25) is 14.4 Å². The predicted octanol–water partition coefficient (Wildman–Crippen LogP) is 0.568. The number of alkyl halides is 2. The molecule has 3 N–H and O–H groups in total. The van der Waals surface area contributed by atoms with Gasteiger partial charge in [0.25, 0.3) is 0 Å². The molecule has 0 saturated carbocycles. The van der Waals surface area contributed by atoms with Crippen molar-refractivity contribution in [1.29, 1.82) is 0 Å². The van der Waals surface area contributed by atoms with E-state index in [1.807, 2.05) is 27.9 Å². The summed E-state index contributed by atoms with van der Waals surface area (Å²) in [6, 6.07) is -1.08. The Morgan fingerprint density at radius 1 is 1.30 bits per heavy atom. The highest BCUT2D eigenvalue weighted by molar-refractivity contribution is 14.1. The molecule has 0 aromatic rings. The maximum atomic E-state index is 12.2. The van der Waals surface area contributed by atoms with Crippen molar-refractivity contribution in [3.05, 3.63) is 0 Å². The van der Waals surface area contributed by atoms with Gasteiger partial charge in [0.2, 0.25) is 17.7 Å². The Kier molecular flexibility index (Phi) is 8.00. The van der Waals surface area contributed by atoms with Crippen LogP contribution in [0.5, 0.6) is 0 Å². The fourth-order valence-electron chi connectivity index (χ4n) is 1.29. The Balaban J connectivity index is 4.78. The summed E-state index contributed by atoms with van der Waals surface area (Å²) in [5.41, 5.74) is 0. The van der Waals surface area contributed by atoms with E-state index >= 15 is 0 Å². The van der Waals surface area contributed by atoms with Gasteiger partial charge in [-0.05, 0) is 19.2 Å². The number of carbonyl (C=O) groups excluding carboxylic acids is 3. The Bertz CT molecular complexity index is 463. The first kappa shape index (κ1) is 13.1. The zero-order valence-corrected chi connectivity index (χ0v) is 14.0. The molecule has 0 radical (unpaired) electrons. The van der Waals surface area contributed by atoms with E-state index in [1.54, 1.807) is 0 Å². The summed E-state index contributed by atoms with van der Waals surface area (Å²) in [7, 11) is 0. The molecule has 0 rings (SSSR count). The first-order valence-electron chi connectivity index (χ1n) is 7.94. The lowest BCUT2D eigenvalue weighted by molar-refractivity contribution is -0.128. The molecule has 1 unspecified atom stereocenters. The zero-order chi connectivity index (χ0) is 19.0. The molecule has 6 nitrogen and oxygen atoms in total. The van der Waals surface area contributed by atoms with Crippen LogP contribution in [-0.4, -0.2) is 47.1 Å². The van der Waals surface area contributed by atoms with Crippen LogP contribution in [0.1, 0.15) is 31.6 Å². The summed E-state index contributed by atoms with van der Waals surface area (Å²) in [4.78, 5) is 34.7. The Hall–Kier alpha value is -0.570. The molecule has 0 fully saturated rings. The van der Waals surface area contributed by atoms with E-state index in [-0.39, 0.29) is 18.2 Å². The van der Waals surface area contributed by atoms with E-state index in [0.717, 1.165) is 6.92 Å². The van der Waals surface area contributed by atoms with Crippen molar-refractivity contribution in [2.24, 2.45) is 0 Å². The highest BCUT2D eigenvalue weighted by Crippen LogP contribution is 1.98. The topological polar surface area (TPSA) is 87.3 Å². The van der Waals surface area contributed by atoms with Crippen LogP contribution < -0.4 is 16.0 Å². The number of hydrogen-bond acceptors (Lipinski definition) is 3. The lowest BCUT2D eigenvalue weighted by Gasteiger charge is -2.17. The maximum Gasteiger partial charge on any atom is 0.242 e. The fourth-order valence-corrected chi connectivity index (χ4v) is 1.64. The molecule has 116 valence electrons. The van der Waals surface area contributed by atoms with E-state index in [2.05, 4.69) is 10.6 Å². The predicted molar refractivity (Wildman–Crippen MR) is 87.1 cm³/mol. The van der Waals surface area contributed by atoms with Crippen LogP contribution in [0.15, 0.2) is 0 Å². The first-order chi connectivity index (χ1) is 10.9. The monoisotopic (exact) mass is 421 g/mol. The molecule has 0 spiro atoms.